The quantitative estimate of drug-likeness (QED) is 0.206. The Labute approximate surface area is 237 Å². The first kappa shape index (κ1) is 33.3. The standard InChI is InChI=1S/C28H16F12P.ClH/c29-25(30,31)17-1-9-21(10-2-17)41(22-11-3-18(4-12-22)26(32,33)34,23-13-5-19(6-14-23)27(35,36)37)24-15-7-20(8-16-24)28(38,39)40;/h1-16H;1H/q+1;/p-1. The monoisotopic (exact) mass is 646 g/mol. The van der Waals surface area contributed by atoms with Gasteiger partial charge in [-0.25, -0.2) is 0 Å². The molecule has 0 aliphatic carbocycles. The van der Waals surface area contributed by atoms with Gasteiger partial charge < -0.3 is 12.4 Å². The van der Waals surface area contributed by atoms with Crippen LogP contribution in [0.2, 0.25) is 0 Å². The minimum absolute atomic E-state index is 0. The van der Waals surface area contributed by atoms with Gasteiger partial charge in [0.2, 0.25) is 0 Å². The van der Waals surface area contributed by atoms with E-state index in [-0.39, 0.29) is 33.6 Å². The van der Waals surface area contributed by atoms with Gasteiger partial charge in [0.25, 0.3) is 0 Å². The van der Waals surface area contributed by atoms with Gasteiger partial charge >= 0.3 is 24.7 Å². The smallest absolute Gasteiger partial charge is 0.416 e. The van der Waals surface area contributed by atoms with Gasteiger partial charge in [-0.15, -0.1) is 0 Å². The van der Waals surface area contributed by atoms with E-state index in [9.17, 15) is 52.7 Å². The van der Waals surface area contributed by atoms with E-state index in [1.165, 1.54) is 0 Å². The van der Waals surface area contributed by atoms with Crippen LogP contribution in [0.5, 0.6) is 0 Å². The molecular weight excluding hydrogens is 631 g/mol. The fourth-order valence-corrected chi connectivity index (χ4v) is 8.56. The first-order valence-corrected chi connectivity index (χ1v) is 13.2. The zero-order valence-corrected chi connectivity index (χ0v) is 22.2. The van der Waals surface area contributed by atoms with Crippen LogP contribution < -0.4 is 33.6 Å². The summed E-state index contributed by atoms with van der Waals surface area (Å²) in [6, 6.07) is 13.8. The number of alkyl halides is 12. The van der Waals surface area contributed by atoms with E-state index in [0.717, 1.165) is 48.5 Å². The van der Waals surface area contributed by atoms with E-state index in [4.69, 9.17) is 0 Å². The van der Waals surface area contributed by atoms with Crippen molar-refractivity contribution in [3.63, 3.8) is 0 Å². The van der Waals surface area contributed by atoms with Gasteiger partial charge in [-0.05, 0) is 97.1 Å². The van der Waals surface area contributed by atoms with Crippen LogP contribution in [0, 0.1) is 0 Å². The lowest BCUT2D eigenvalue weighted by atomic mass is 10.2. The highest BCUT2D eigenvalue weighted by Crippen LogP contribution is 2.55. The van der Waals surface area contributed by atoms with E-state index in [1.54, 1.807) is 0 Å². The molecule has 0 nitrogen and oxygen atoms in total. The van der Waals surface area contributed by atoms with Crippen LogP contribution in [0.4, 0.5) is 52.7 Å². The van der Waals surface area contributed by atoms with Crippen molar-refractivity contribution in [2.45, 2.75) is 24.7 Å². The molecule has 0 bridgehead atoms. The Hall–Kier alpha value is -3.24. The van der Waals surface area contributed by atoms with E-state index < -0.39 is 54.2 Å². The lowest BCUT2D eigenvalue weighted by Gasteiger charge is -2.28. The number of hydrogen-bond acceptors (Lipinski definition) is 0. The number of rotatable bonds is 4. The Bertz CT molecular complexity index is 1250. The zero-order valence-electron chi connectivity index (χ0n) is 20.6. The normalized spacial score (nSPS) is 13.0. The maximum Gasteiger partial charge on any atom is 0.416 e. The van der Waals surface area contributed by atoms with Gasteiger partial charge in [0, 0.05) is 0 Å². The fraction of sp³-hybridized carbons (Fsp3) is 0.143. The molecule has 42 heavy (non-hydrogen) atoms. The van der Waals surface area contributed by atoms with Crippen LogP contribution in [0.3, 0.4) is 0 Å². The summed E-state index contributed by atoms with van der Waals surface area (Å²) in [6.45, 7) is 0. The first-order valence-electron chi connectivity index (χ1n) is 11.4. The van der Waals surface area contributed by atoms with Gasteiger partial charge in [0.1, 0.15) is 28.5 Å². The molecule has 0 unspecified atom stereocenters. The van der Waals surface area contributed by atoms with Crippen molar-refractivity contribution in [3.8, 4) is 0 Å². The van der Waals surface area contributed by atoms with Crippen LogP contribution in [-0.4, -0.2) is 0 Å². The number of halogens is 13. The largest absolute Gasteiger partial charge is 1.00 e. The van der Waals surface area contributed by atoms with Crippen molar-refractivity contribution in [2.24, 2.45) is 0 Å². The minimum atomic E-state index is -4.77. The Kier molecular flexibility index (Phi) is 9.07. The molecule has 0 aliphatic rings. The zero-order chi connectivity index (χ0) is 30.4. The molecule has 0 saturated carbocycles. The highest BCUT2D eigenvalue weighted by Gasteiger charge is 2.49. The van der Waals surface area contributed by atoms with Crippen LogP contribution in [-0.2, 0) is 24.7 Å². The van der Waals surface area contributed by atoms with Crippen molar-refractivity contribution in [1.29, 1.82) is 0 Å². The second-order valence-corrected chi connectivity index (χ2v) is 12.3. The molecule has 0 aliphatic heterocycles. The lowest BCUT2D eigenvalue weighted by Crippen LogP contribution is -3.00. The summed E-state index contributed by atoms with van der Waals surface area (Å²) >= 11 is 0. The molecule has 0 heterocycles. The van der Waals surface area contributed by atoms with Crippen LogP contribution in [0.15, 0.2) is 97.1 Å². The Morgan fingerprint density at radius 3 is 0.548 bits per heavy atom. The topological polar surface area (TPSA) is 0 Å². The Morgan fingerprint density at radius 1 is 0.286 bits per heavy atom. The molecule has 224 valence electrons. The average Bonchev–Trinajstić information content (AvgIpc) is 2.88. The molecule has 14 heteroatoms. The maximum absolute atomic E-state index is 13.3. The predicted molar refractivity (Wildman–Crippen MR) is 131 cm³/mol. The molecule has 0 saturated heterocycles. The molecule has 0 aromatic heterocycles. The Balaban J connectivity index is 0.00000484. The molecule has 0 N–H and O–H groups in total. The third-order valence-electron chi connectivity index (χ3n) is 6.33. The predicted octanol–water partition coefficient (Wildman–Crippen LogP) is 5.39. The summed E-state index contributed by atoms with van der Waals surface area (Å²) < 4.78 is 160. The SMILES string of the molecule is FC(F)(F)c1ccc([P+](c2ccc(C(F)(F)F)cc2)(c2ccc(C(F)(F)F)cc2)c2ccc(C(F)(F)F)cc2)cc1.[Cl-]. The average molecular weight is 647 g/mol. The molecule has 0 spiro atoms. The van der Waals surface area contributed by atoms with E-state index in [0.29, 0.717) is 48.5 Å². The summed E-state index contributed by atoms with van der Waals surface area (Å²) in [4.78, 5) is 0. The van der Waals surface area contributed by atoms with Gasteiger partial charge in [-0.3, -0.25) is 0 Å². The van der Waals surface area contributed by atoms with Gasteiger partial charge in [0.15, 0.2) is 0 Å². The molecule has 0 atom stereocenters. The fourth-order valence-electron chi connectivity index (χ4n) is 4.39. The van der Waals surface area contributed by atoms with Crippen molar-refractivity contribution in [2.75, 3.05) is 0 Å². The summed E-state index contributed by atoms with van der Waals surface area (Å²) in [6.07, 6.45) is -19.1. The van der Waals surface area contributed by atoms with Crippen molar-refractivity contribution in [1.82, 2.24) is 0 Å². The van der Waals surface area contributed by atoms with Crippen molar-refractivity contribution >= 4 is 28.5 Å². The van der Waals surface area contributed by atoms with Crippen LogP contribution in [0.25, 0.3) is 0 Å². The van der Waals surface area contributed by atoms with Gasteiger partial charge in [-0.2, -0.15) is 52.7 Å². The number of benzene rings is 4. The third-order valence-corrected chi connectivity index (χ3v) is 10.6. The summed E-state index contributed by atoms with van der Waals surface area (Å²) in [7, 11) is -3.66. The summed E-state index contributed by atoms with van der Waals surface area (Å²) in [5, 5.41) is 0.240. The van der Waals surface area contributed by atoms with Gasteiger partial charge in [0.05, 0.1) is 22.3 Å². The molecule has 0 amide bonds. The molecular formula is C28H16ClF12P. The van der Waals surface area contributed by atoms with Crippen LogP contribution >= 0.6 is 7.26 Å². The maximum atomic E-state index is 13.3. The molecule has 4 rings (SSSR count). The highest BCUT2D eigenvalue weighted by atomic mass is 35.5. The van der Waals surface area contributed by atoms with Crippen LogP contribution in [0.1, 0.15) is 22.3 Å². The second-order valence-electron chi connectivity index (χ2n) is 8.85. The van der Waals surface area contributed by atoms with E-state index in [1.807, 2.05) is 0 Å². The molecule has 0 radical (unpaired) electrons. The lowest BCUT2D eigenvalue weighted by molar-refractivity contribution is -0.138. The van der Waals surface area contributed by atoms with E-state index in [2.05, 4.69) is 0 Å². The van der Waals surface area contributed by atoms with E-state index >= 15 is 0 Å². The molecule has 4 aromatic carbocycles. The molecule has 0 fully saturated rings. The summed E-state index contributed by atoms with van der Waals surface area (Å²) in [5.74, 6) is 0. The van der Waals surface area contributed by atoms with Gasteiger partial charge in [-0.1, -0.05) is 0 Å². The third kappa shape index (κ3) is 6.54. The minimum Gasteiger partial charge on any atom is -1.00 e. The van der Waals surface area contributed by atoms with Crippen molar-refractivity contribution < 1.29 is 65.1 Å². The first-order chi connectivity index (χ1) is 18.8. The Morgan fingerprint density at radius 2 is 0.429 bits per heavy atom. The second kappa shape index (κ2) is 11.4. The molecule has 4 aromatic rings. The van der Waals surface area contributed by atoms with Crippen molar-refractivity contribution in [3.05, 3.63) is 119 Å². The number of hydrogen-bond donors (Lipinski definition) is 0. The highest BCUT2D eigenvalue weighted by molar-refractivity contribution is 8.01. The summed E-state index contributed by atoms with van der Waals surface area (Å²) in [5.41, 5.74) is -4.31.